The molecule has 17 rings (SSSR count). The van der Waals surface area contributed by atoms with Crippen molar-refractivity contribution < 1.29 is 91.4 Å². The molecule has 8 heterocycles. The molecule has 19 nitrogen and oxygen atoms in total. The molecule has 12 unspecified atom stereocenters. The summed E-state index contributed by atoms with van der Waals surface area (Å²) >= 11 is 1.50. The Hall–Kier alpha value is -7.37. The predicted molar refractivity (Wildman–Crippen MR) is 405 cm³/mol. The molecule has 109 heavy (non-hydrogen) atoms. The van der Waals surface area contributed by atoms with Gasteiger partial charge in [-0.2, -0.15) is 0 Å². The number of hydrogen-bond donors (Lipinski definition) is 0. The van der Waals surface area contributed by atoms with Gasteiger partial charge in [0.15, 0.2) is 44.0 Å². The van der Waals surface area contributed by atoms with Crippen LogP contribution < -0.4 is 0 Å². The summed E-state index contributed by atoms with van der Waals surface area (Å²) in [4.78, 5) is 0.923. The van der Waals surface area contributed by atoms with Crippen LogP contribution in [-0.4, -0.2) is 151 Å². The molecule has 569 valence electrons. The SMILES string of the molecule is C.CC1[C@H](OC2[C@H](OC3[C@H](OC4[C@@H](Sc5ccccc5)OC5COC(c6ccccc6)O[C@H]5[C@H]4OCc4ccccc4)OC4COC(c5ccccc5)O[C@H]4[C@H]3OCc3ccccc3)OC3COC(c4ccccc4)O[C@H]3[C@H]2OCc2ccccc2)OC2COC(c3ccccc3)O[C@H]2[C@H]1OCc1ccccc1.[2HH].[B]. The third kappa shape index (κ3) is 18.1. The van der Waals surface area contributed by atoms with Crippen LogP contribution in [0.4, 0.5) is 0 Å². The van der Waals surface area contributed by atoms with E-state index in [4.69, 9.17) is 90.0 Å². The molecule has 21 heteroatoms. The van der Waals surface area contributed by atoms with E-state index in [9.17, 15) is 0 Å². The molecule has 9 aromatic rings. The molecule has 0 aliphatic carbocycles. The second-order valence-electron chi connectivity index (χ2n) is 28.0. The van der Waals surface area contributed by atoms with E-state index >= 15 is 0 Å². The van der Waals surface area contributed by atoms with Gasteiger partial charge in [-0.1, -0.05) is 287 Å². The van der Waals surface area contributed by atoms with Crippen molar-refractivity contribution in [3.05, 3.63) is 317 Å². The maximum atomic E-state index is 8.00. The van der Waals surface area contributed by atoms with Gasteiger partial charge >= 0.3 is 0 Å². The van der Waals surface area contributed by atoms with E-state index < -0.39 is 147 Å². The zero-order valence-electron chi connectivity index (χ0n) is 59.7. The number of thioether (sulfide) groups is 1. The zero-order chi connectivity index (χ0) is 71.7. The molecular formula is C88H94BO19S. The van der Waals surface area contributed by atoms with Crippen LogP contribution in [0.25, 0.3) is 0 Å². The first-order valence-corrected chi connectivity index (χ1v) is 38.0. The van der Waals surface area contributed by atoms with Gasteiger partial charge in [0.2, 0.25) is 0 Å². The Morgan fingerprint density at radius 3 is 0.890 bits per heavy atom. The van der Waals surface area contributed by atoms with Crippen LogP contribution in [0.5, 0.6) is 0 Å². The lowest BCUT2D eigenvalue weighted by atomic mass is 9.90. The first kappa shape index (κ1) is 77.0. The summed E-state index contributed by atoms with van der Waals surface area (Å²) in [6.45, 7) is 3.32. The van der Waals surface area contributed by atoms with Gasteiger partial charge in [0.25, 0.3) is 0 Å². The van der Waals surface area contributed by atoms with Gasteiger partial charge in [0.1, 0.15) is 90.9 Å². The van der Waals surface area contributed by atoms with E-state index in [2.05, 4.69) is 6.92 Å². The minimum absolute atomic E-state index is 0. The standard InChI is InChI=1S/C87H88O19S.CH4.B.H2/c1-55-69(88-47-56-29-11-2-12-30-56)70-65(51-92-81(100-70)60-37-19-6-20-38-60)96-80(55)104-77-74(89-48-57-31-13-3-14-32-57)71-66(52-93-82(101-71)61-39-21-7-22-40-61)97-85(77)105-78-75(90-49-58-33-15-4-16-34-58)72-67(53-94-83(102-72)62-41-23-8-24-42-62)98-86(78)106-79-76(91-50-59-35-17-5-18-36-59)73-68(99-87(79)107-64-45-27-10-28-46-64)54-95-84(103-73)63-43-25-9-26-44-63;;;/h2-46,55,65-87H,47-54H2,1H3;1H4;;1H/t55?,65?,66?,67?,68?,69-,70+,71+,72+,73+,74+,75+,76+,77?,78?,79?,80-,81?,82?,83?,84?,85-,86-,87+;;;/m0.../s1/i;;;1+1. The van der Waals surface area contributed by atoms with Gasteiger partial charge < -0.3 is 90.0 Å². The fraction of sp³-hybridized carbons (Fsp3) is 0.386. The summed E-state index contributed by atoms with van der Waals surface area (Å²) < 4.78 is 138. The molecule has 0 aromatic heterocycles. The number of rotatable bonds is 24. The highest BCUT2D eigenvalue weighted by molar-refractivity contribution is 7.99. The molecular weight excluding hydrogens is 1400 g/mol. The molecule has 0 saturated carbocycles. The van der Waals surface area contributed by atoms with Crippen molar-refractivity contribution in [2.75, 3.05) is 26.4 Å². The van der Waals surface area contributed by atoms with Gasteiger partial charge in [-0.15, -0.1) is 0 Å². The second kappa shape index (κ2) is 36.9. The fourth-order valence-corrected chi connectivity index (χ4v) is 16.5. The van der Waals surface area contributed by atoms with Crippen LogP contribution >= 0.6 is 11.8 Å². The van der Waals surface area contributed by atoms with Crippen LogP contribution in [0.3, 0.4) is 0 Å². The van der Waals surface area contributed by atoms with Crippen molar-refractivity contribution in [2.24, 2.45) is 5.92 Å². The van der Waals surface area contributed by atoms with E-state index in [0.29, 0.717) is 0 Å². The summed E-state index contributed by atoms with van der Waals surface area (Å²) in [7, 11) is 0. The monoisotopic (exact) mass is 1500 g/mol. The number of benzene rings is 9. The molecule has 8 fully saturated rings. The highest BCUT2D eigenvalue weighted by atomic mass is 32.2. The predicted octanol–water partition coefficient (Wildman–Crippen LogP) is 14.8. The molecule has 0 amide bonds. The maximum Gasteiger partial charge on any atom is 0.187 e. The minimum atomic E-state index is -1.38. The summed E-state index contributed by atoms with van der Waals surface area (Å²) in [6.07, 6.45) is -19.6. The largest absolute Gasteiger partial charge is 0.370 e. The van der Waals surface area contributed by atoms with Crippen molar-refractivity contribution in [3.8, 4) is 0 Å². The van der Waals surface area contributed by atoms with Gasteiger partial charge in [-0.05, 0) is 34.4 Å². The quantitative estimate of drug-likeness (QED) is 0.0522. The summed E-state index contributed by atoms with van der Waals surface area (Å²) in [5.74, 6) is -0.520. The van der Waals surface area contributed by atoms with Crippen LogP contribution in [0, 0.1) is 5.92 Å². The van der Waals surface area contributed by atoms with Gasteiger partial charge in [0.05, 0.1) is 59.0 Å². The van der Waals surface area contributed by atoms with E-state index in [1.54, 1.807) is 0 Å². The Morgan fingerprint density at radius 2 is 0.550 bits per heavy atom. The summed E-state index contributed by atoms with van der Waals surface area (Å²) in [5.41, 5.74) is 6.30. The zero-order valence-corrected chi connectivity index (χ0v) is 60.6. The molecule has 8 aliphatic heterocycles. The summed E-state index contributed by atoms with van der Waals surface area (Å²) in [5, 5.41) is 0. The molecule has 0 N–H and O–H groups in total. The van der Waals surface area contributed by atoms with Crippen LogP contribution in [0.15, 0.2) is 278 Å². The number of fused-ring (bicyclic) bond motifs is 4. The Bertz CT molecular complexity index is 4180. The molecule has 0 spiro atoms. The first-order valence-electron chi connectivity index (χ1n) is 37.1. The lowest BCUT2D eigenvalue weighted by Crippen LogP contribution is -2.70. The third-order valence-electron chi connectivity index (χ3n) is 20.8. The highest BCUT2D eigenvalue weighted by Gasteiger charge is 2.61. The lowest BCUT2D eigenvalue weighted by molar-refractivity contribution is -0.433. The van der Waals surface area contributed by atoms with E-state index in [1.165, 1.54) is 11.8 Å². The average Bonchev–Trinajstić information content (AvgIpc) is 0.753. The molecule has 24 atom stereocenters. The Labute approximate surface area is 644 Å². The molecule has 0 bridgehead atoms. The fourth-order valence-electron chi connectivity index (χ4n) is 15.3. The van der Waals surface area contributed by atoms with Crippen molar-refractivity contribution >= 4 is 20.2 Å². The Balaban J connectivity index is 0.00000336. The molecule has 3 radical (unpaired) electrons. The normalized spacial score (nSPS) is 33.4. The van der Waals surface area contributed by atoms with Crippen molar-refractivity contribution in [2.45, 2.75) is 187 Å². The van der Waals surface area contributed by atoms with Crippen molar-refractivity contribution in [1.82, 2.24) is 0 Å². The van der Waals surface area contributed by atoms with E-state index in [0.717, 1.165) is 49.4 Å². The minimum Gasteiger partial charge on any atom is -0.370 e. The smallest absolute Gasteiger partial charge is 0.187 e. The van der Waals surface area contributed by atoms with Gasteiger partial charge in [-0.3, -0.25) is 0 Å². The van der Waals surface area contributed by atoms with Crippen LogP contribution in [0.2, 0.25) is 0 Å². The molecule has 8 saturated heterocycles. The first-order chi connectivity index (χ1) is 52.9. The molecule has 8 aliphatic rings. The van der Waals surface area contributed by atoms with Gasteiger partial charge in [0, 0.05) is 42.9 Å². The molecule has 9 aromatic carbocycles. The van der Waals surface area contributed by atoms with E-state index in [1.807, 2.05) is 273 Å². The summed E-state index contributed by atoms with van der Waals surface area (Å²) in [6, 6.07) is 89.7. The Kier molecular flexibility index (Phi) is 26.0. The number of ether oxygens (including phenoxy) is 19. The average molecular weight is 1500 g/mol. The Morgan fingerprint density at radius 1 is 0.294 bits per heavy atom. The maximum absolute atomic E-state index is 8.00. The number of hydrogen-bond acceptors (Lipinski definition) is 20. The third-order valence-corrected chi connectivity index (χ3v) is 21.9. The second-order valence-corrected chi connectivity index (χ2v) is 29.2. The van der Waals surface area contributed by atoms with Crippen molar-refractivity contribution in [1.29, 1.82) is 0 Å². The topological polar surface area (TPSA) is 175 Å². The lowest BCUT2D eigenvalue weighted by Gasteiger charge is -2.55. The van der Waals surface area contributed by atoms with Crippen LogP contribution in [0.1, 0.15) is 85.4 Å². The van der Waals surface area contributed by atoms with Crippen molar-refractivity contribution in [3.63, 3.8) is 0 Å². The highest BCUT2D eigenvalue weighted by Crippen LogP contribution is 2.48. The van der Waals surface area contributed by atoms with E-state index in [-0.39, 0.29) is 70.1 Å². The van der Waals surface area contributed by atoms with Gasteiger partial charge in [-0.25, -0.2) is 0 Å². The van der Waals surface area contributed by atoms with Crippen LogP contribution in [-0.2, 0) is 116 Å².